The Morgan fingerprint density at radius 1 is 0.925 bits per heavy atom. The number of hydrogen-bond donors (Lipinski definition) is 5. The molecule has 0 spiro atoms. The highest BCUT2D eigenvalue weighted by molar-refractivity contribution is 5.91. The minimum absolute atomic E-state index is 0.118. The molecule has 0 aliphatic rings. The normalized spacial score (nSPS) is 12.4. The monoisotopic (exact) mass is 573 g/mol. The van der Waals surface area contributed by atoms with Crippen molar-refractivity contribution in [1.82, 2.24) is 21.3 Å². The van der Waals surface area contributed by atoms with Crippen molar-refractivity contribution < 1.29 is 43.3 Å². The van der Waals surface area contributed by atoms with Gasteiger partial charge >= 0.3 is 12.1 Å². The number of carboxylic acid groups (broad SMARTS) is 1. The van der Waals surface area contributed by atoms with Crippen LogP contribution in [0.5, 0.6) is 0 Å². The summed E-state index contributed by atoms with van der Waals surface area (Å²) in [6, 6.07) is -2.21. The number of nitrogens with one attached hydrogen (secondary N) is 4. The third-order valence-corrected chi connectivity index (χ3v) is 4.90. The summed E-state index contributed by atoms with van der Waals surface area (Å²) in [5, 5.41) is 22.9. The van der Waals surface area contributed by atoms with Gasteiger partial charge in [0.15, 0.2) is 0 Å². The highest BCUT2D eigenvalue weighted by atomic mass is 16.6. The summed E-state index contributed by atoms with van der Waals surface area (Å²) in [6.07, 6.45) is 0.426. The molecule has 0 aliphatic carbocycles. The first kappa shape index (κ1) is 36.4. The predicted molar refractivity (Wildman–Crippen MR) is 143 cm³/mol. The lowest BCUT2D eigenvalue weighted by molar-refractivity contribution is -0.142. The van der Waals surface area contributed by atoms with Crippen LogP contribution in [-0.4, -0.2) is 98.6 Å². The second-order valence-electron chi connectivity index (χ2n) is 10.0. The number of alkyl carbamates (subject to hydrolysis) is 1. The molecule has 0 bridgehead atoms. The van der Waals surface area contributed by atoms with E-state index in [1.807, 2.05) is 0 Å². The Bertz CT molecular complexity index is 871. The summed E-state index contributed by atoms with van der Waals surface area (Å²) in [5.74, 6) is -3.38. The van der Waals surface area contributed by atoms with Gasteiger partial charge in [0, 0.05) is 24.5 Å². The Kier molecular flexibility index (Phi) is 18.5. The lowest BCUT2D eigenvalue weighted by Gasteiger charge is -2.24. The zero-order valence-electron chi connectivity index (χ0n) is 23.9. The Labute approximate surface area is 233 Å². The maximum absolute atomic E-state index is 12.8. The molecule has 16 heteroatoms. The van der Waals surface area contributed by atoms with Crippen molar-refractivity contribution in [3.8, 4) is 0 Å². The van der Waals surface area contributed by atoms with Crippen molar-refractivity contribution in [2.45, 2.75) is 71.6 Å². The van der Waals surface area contributed by atoms with Crippen molar-refractivity contribution in [3.63, 3.8) is 0 Å². The minimum atomic E-state index is -1.22. The molecule has 0 fully saturated rings. The molecule has 0 aromatic heterocycles. The number of nitrogens with zero attached hydrogens (tertiary/aromatic N) is 3. The molecule has 0 unspecified atom stereocenters. The second kappa shape index (κ2) is 20.3. The van der Waals surface area contributed by atoms with Gasteiger partial charge < -0.3 is 40.6 Å². The van der Waals surface area contributed by atoms with E-state index in [-0.39, 0.29) is 45.2 Å². The van der Waals surface area contributed by atoms with Crippen LogP contribution in [0.15, 0.2) is 5.11 Å². The van der Waals surface area contributed by atoms with E-state index in [9.17, 15) is 29.1 Å². The van der Waals surface area contributed by atoms with Gasteiger partial charge in [-0.1, -0.05) is 19.0 Å². The number of carboxylic acids is 1. The smallest absolute Gasteiger partial charge is 0.407 e. The van der Waals surface area contributed by atoms with E-state index in [4.69, 9.17) is 19.7 Å². The number of azide groups is 1. The fourth-order valence-corrected chi connectivity index (χ4v) is 3.05. The first-order valence-corrected chi connectivity index (χ1v) is 13.0. The summed E-state index contributed by atoms with van der Waals surface area (Å²) in [6.45, 7) is 8.81. The first-order valence-electron chi connectivity index (χ1n) is 13.0. The van der Waals surface area contributed by atoms with Gasteiger partial charge in [0.25, 0.3) is 0 Å². The summed E-state index contributed by atoms with van der Waals surface area (Å²) in [4.78, 5) is 62.7. The number of unbranched alkanes of at least 4 members (excludes halogenated alkanes) is 1. The molecule has 5 N–H and O–H groups in total. The number of rotatable bonds is 20. The van der Waals surface area contributed by atoms with E-state index >= 15 is 0 Å². The second-order valence-corrected chi connectivity index (χ2v) is 10.0. The standard InChI is InChI=1S/C24H43N7O9/c1-16(2)20(30-19(33)15-39-14-18(32)26-10-12-38-13-11-28-31-25)21(34)29-17(22(35)36)8-6-7-9-27-23(37)40-24(3,4)5/h16-17,20H,6-15H2,1-5H3,(H,26,32)(H,27,37)(H,29,34)(H,30,33)(H,35,36)/t17-,20-/m0/s1. The van der Waals surface area contributed by atoms with Crippen LogP contribution in [0.2, 0.25) is 0 Å². The Hall–Kier alpha value is -3.62. The molecule has 2 atom stereocenters. The summed E-state index contributed by atoms with van der Waals surface area (Å²) < 4.78 is 15.3. The molecule has 0 aromatic rings. The summed E-state index contributed by atoms with van der Waals surface area (Å²) >= 11 is 0. The zero-order valence-corrected chi connectivity index (χ0v) is 23.9. The fraction of sp³-hybridized carbons (Fsp3) is 0.792. The number of carbonyl (C=O) groups is 5. The van der Waals surface area contributed by atoms with Crippen LogP contribution >= 0.6 is 0 Å². The fourth-order valence-electron chi connectivity index (χ4n) is 3.05. The topological polar surface area (TPSA) is 230 Å². The van der Waals surface area contributed by atoms with Crippen molar-refractivity contribution in [3.05, 3.63) is 10.4 Å². The third-order valence-electron chi connectivity index (χ3n) is 4.90. The molecule has 0 saturated carbocycles. The quantitative estimate of drug-likeness (QED) is 0.0600. The number of hydrogen-bond acceptors (Lipinski definition) is 9. The van der Waals surface area contributed by atoms with Gasteiger partial charge in [-0.2, -0.15) is 0 Å². The molecule has 228 valence electrons. The van der Waals surface area contributed by atoms with Crippen molar-refractivity contribution >= 4 is 29.8 Å². The third kappa shape index (κ3) is 19.4. The van der Waals surface area contributed by atoms with E-state index in [0.29, 0.717) is 12.8 Å². The van der Waals surface area contributed by atoms with Gasteiger partial charge in [0.2, 0.25) is 17.7 Å². The molecule has 0 aromatic carbocycles. The molecule has 40 heavy (non-hydrogen) atoms. The van der Waals surface area contributed by atoms with Gasteiger partial charge in [-0.25, -0.2) is 9.59 Å². The highest BCUT2D eigenvalue weighted by Gasteiger charge is 2.28. The lowest BCUT2D eigenvalue weighted by atomic mass is 10.0. The van der Waals surface area contributed by atoms with Gasteiger partial charge in [-0.15, -0.1) is 0 Å². The average molecular weight is 574 g/mol. The van der Waals surface area contributed by atoms with E-state index in [0.717, 1.165) is 0 Å². The largest absolute Gasteiger partial charge is 0.480 e. The van der Waals surface area contributed by atoms with Crippen LogP contribution < -0.4 is 21.3 Å². The van der Waals surface area contributed by atoms with Gasteiger partial charge in [-0.3, -0.25) is 14.4 Å². The molecule has 0 rings (SSSR count). The SMILES string of the molecule is CC(C)[C@H](NC(=O)COCC(=O)NCCOCCN=[N+]=[N-])C(=O)N[C@@H](CCCCNC(=O)OC(C)(C)C)C(=O)O. The maximum Gasteiger partial charge on any atom is 0.407 e. The molecule has 0 radical (unpaired) electrons. The van der Waals surface area contributed by atoms with Crippen molar-refractivity contribution in [2.75, 3.05) is 46.1 Å². The van der Waals surface area contributed by atoms with Crippen LogP contribution in [0.4, 0.5) is 4.79 Å². The van der Waals surface area contributed by atoms with E-state index < -0.39 is 60.7 Å². The Morgan fingerprint density at radius 2 is 1.60 bits per heavy atom. The average Bonchev–Trinajstić information content (AvgIpc) is 2.84. The molecule has 0 heterocycles. The van der Waals surface area contributed by atoms with E-state index in [1.54, 1.807) is 34.6 Å². The number of ether oxygens (including phenoxy) is 3. The molecule has 0 saturated heterocycles. The molecular weight excluding hydrogens is 530 g/mol. The van der Waals surface area contributed by atoms with Gasteiger partial charge in [0.1, 0.15) is 30.9 Å². The van der Waals surface area contributed by atoms with Gasteiger partial charge in [-0.05, 0) is 51.5 Å². The Morgan fingerprint density at radius 3 is 2.20 bits per heavy atom. The van der Waals surface area contributed by atoms with Gasteiger partial charge in [0.05, 0.1) is 13.2 Å². The summed E-state index contributed by atoms with van der Waals surface area (Å²) in [5.41, 5.74) is 7.52. The van der Waals surface area contributed by atoms with Crippen LogP contribution in [0.25, 0.3) is 10.4 Å². The highest BCUT2D eigenvalue weighted by Crippen LogP contribution is 2.08. The van der Waals surface area contributed by atoms with Crippen LogP contribution in [0.1, 0.15) is 53.9 Å². The number of carbonyl (C=O) groups excluding carboxylic acids is 4. The van der Waals surface area contributed by atoms with E-state index in [1.165, 1.54) is 0 Å². The molecule has 0 aliphatic heterocycles. The van der Waals surface area contributed by atoms with E-state index in [2.05, 4.69) is 31.3 Å². The maximum atomic E-state index is 12.8. The van der Waals surface area contributed by atoms with Crippen molar-refractivity contribution in [1.29, 1.82) is 0 Å². The van der Waals surface area contributed by atoms with Crippen LogP contribution in [-0.2, 0) is 33.4 Å². The molecule has 4 amide bonds. The Balaban J connectivity index is 4.45. The minimum Gasteiger partial charge on any atom is -0.480 e. The zero-order chi connectivity index (χ0) is 30.6. The lowest BCUT2D eigenvalue weighted by Crippen LogP contribution is -2.54. The van der Waals surface area contributed by atoms with Crippen molar-refractivity contribution in [2.24, 2.45) is 11.0 Å². The van der Waals surface area contributed by atoms with Crippen LogP contribution in [0, 0.1) is 5.92 Å². The molecular formula is C24H43N7O9. The van der Waals surface area contributed by atoms with Crippen LogP contribution in [0.3, 0.4) is 0 Å². The molecule has 16 nitrogen and oxygen atoms in total. The number of amides is 4. The summed E-state index contributed by atoms with van der Waals surface area (Å²) in [7, 11) is 0. The predicted octanol–water partition coefficient (Wildman–Crippen LogP) is 0.851. The number of aliphatic carboxylic acids is 1. The first-order chi connectivity index (χ1) is 18.8.